The Kier molecular flexibility index (Phi) is 7.08. The molecule has 1 N–H and O–H groups in total. The fourth-order valence-corrected chi connectivity index (χ4v) is 3.78. The molecule has 0 bridgehead atoms. The van der Waals surface area contributed by atoms with Gasteiger partial charge >= 0.3 is 0 Å². The van der Waals surface area contributed by atoms with Gasteiger partial charge in [-0.05, 0) is 67.9 Å². The van der Waals surface area contributed by atoms with Crippen LogP contribution in [0.5, 0.6) is 0 Å². The van der Waals surface area contributed by atoms with E-state index in [0.29, 0.717) is 5.41 Å². The summed E-state index contributed by atoms with van der Waals surface area (Å²) in [7, 11) is 0. The third kappa shape index (κ3) is 5.13. The molecule has 1 nitrogen and oxygen atoms in total. The standard InChI is InChI=1S/C16H33NS/c1-6-10-17-15-8-7-14(16(2,3)4)12-13(15)9-11-18-5/h13-15,17H,6-12H2,1-5H3. The Hall–Kier alpha value is 0.310. The highest BCUT2D eigenvalue weighted by Gasteiger charge is 2.35. The highest BCUT2D eigenvalue weighted by molar-refractivity contribution is 7.98. The van der Waals surface area contributed by atoms with Crippen LogP contribution >= 0.6 is 11.8 Å². The maximum Gasteiger partial charge on any atom is 0.00958 e. The molecule has 1 aliphatic rings. The highest BCUT2D eigenvalue weighted by atomic mass is 32.2. The Balaban J connectivity index is 2.54. The molecule has 3 unspecified atom stereocenters. The van der Waals surface area contributed by atoms with Gasteiger partial charge in [-0.25, -0.2) is 0 Å². The third-order valence-corrected chi connectivity index (χ3v) is 5.20. The lowest BCUT2D eigenvalue weighted by Crippen LogP contribution is -2.43. The minimum atomic E-state index is 0.493. The number of hydrogen-bond donors (Lipinski definition) is 1. The molecule has 0 spiro atoms. The molecular weight excluding hydrogens is 238 g/mol. The summed E-state index contributed by atoms with van der Waals surface area (Å²) in [6.07, 6.45) is 9.13. The van der Waals surface area contributed by atoms with Crippen LogP contribution in [0.1, 0.15) is 59.8 Å². The lowest BCUT2D eigenvalue weighted by atomic mass is 9.67. The van der Waals surface area contributed by atoms with Crippen molar-refractivity contribution >= 4 is 11.8 Å². The quantitative estimate of drug-likeness (QED) is 0.759. The zero-order chi connectivity index (χ0) is 13.6. The Bertz CT molecular complexity index is 222. The van der Waals surface area contributed by atoms with Gasteiger partial charge in [-0.2, -0.15) is 11.8 Å². The predicted molar refractivity (Wildman–Crippen MR) is 85.4 cm³/mol. The number of rotatable bonds is 6. The van der Waals surface area contributed by atoms with Crippen LogP contribution in [0.3, 0.4) is 0 Å². The lowest BCUT2D eigenvalue weighted by Gasteiger charge is -2.42. The molecule has 0 aromatic heterocycles. The molecule has 3 atom stereocenters. The van der Waals surface area contributed by atoms with Gasteiger partial charge in [0, 0.05) is 6.04 Å². The molecule has 1 fully saturated rings. The van der Waals surface area contributed by atoms with Gasteiger partial charge in [-0.3, -0.25) is 0 Å². The van der Waals surface area contributed by atoms with Crippen LogP contribution < -0.4 is 5.32 Å². The van der Waals surface area contributed by atoms with Crippen LogP contribution in [0, 0.1) is 17.3 Å². The van der Waals surface area contributed by atoms with Crippen molar-refractivity contribution in [2.24, 2.45) is 17.3 Å². The molecule has 0 aromatic rings. The molecule has 0 radical (unpaired) electrons. The molecular formula is C16H33NS. The summed E-state index contributed by atoms with van der Waals surface area (Å²) in [5.74, 6) is 3.15. The van der Waals surface area contributed by atoms with E-state index in [2.05, 4.69) is 39.3 Å². The minimum Gasteiger partial charge on any atom is -0.314 e. The van der Waals surface area contributed by atoms with Gasteiger partial charge in [0.1, 0.15) is 0 Å². The Morgan fingerprint density at radius 2 is 1.94 bits per heavy atom. The maximum absolute atomic E-state index is 3.79. The van der Waals surface area contributed by atoms with E-state index in [1.165, 1.54) is 44.4 Å². The van der Waals surface area contributed by atoms with Crippen LogP contribution in [0.25, 0.3) is 0 Å². The summed E-state index contributed by atoms with van der Waals surface area (Å²) in [6.45, 7) is 10.7. The Labute approximate surface area is 119 Å². The van der Waals surface area contributed by atoms with Gasteiger partial charge in [-0.1, -0.05) is 27.7 Å². The van der Waals surface area contributed by atoms with Gasteiger partial charge in [-0.15, -0.1) is 0 Å². The number of hydrogen-bond acceptors (Lipinski definition) is 2. The van der Waals surface area contributed by atoms with Crippen molar-refractivity contribution in [2.75, 3.05) is 18.6 Å². The Morgan fingerprint density at radius 3 is 2.50 bits per heavy atom. The van der Waals surface area contributed by atoms with Gasteiger partial charge in [0.05, 0.1) is 0 Å². The first-order valence-corrected chi connectivity index (χ1v) is 9.10. The van der Waals surface area contributed by atoms with Crippen molar-refractivity contribution in [3.05, 3.63) is 0 Å². The normalized spacial score (nSPS) is 29.5. The molecule has 18 heavy (non-hydrogen) atoms. The molecule has 0 heterocycles. The van der Waals surface area contributed by atoms with Crippen molar-refractivity contribution in [3.63, 3.8) is 0 Å². The highest BCUT2D eigenvalue weighted by Crippen LogP contribution is 2.41. The van der Waals surface area contributed by atoms with Crippen LogP contribution in [0.2, 0.25) is 0 Å². The average molecular weight is 272 g/mol. The summed E-state index contributed by atoms with van der Waals surface area (Å²) in [6, 6.07) is 0.788. The molecule has 2 heteroatoms. The molecule has 1 rings (SSSR count). The summed E-state index contributed by atoms with van der Waals surface area (Å²) < 4.78 is 0. The van der Waals surface area contributed by atoms with Crippen molar-refractivity contribution in [1.82, 2.24) is 5.32 Å². The molecule has 1 aliphatic carbocycles. The van der Waals surface area contributed by atoms with Gasteiger partial charge < -0.3 is 5.32 Å². The lowest BCUT2D eigenvalue weighted by molar-refractivity contribution is 0.112. The summed E-state index contributed by atoms with van der Waals surface area (Å²) in [5, 5.41) is 3.79. The van der Waals surface area contributed by atoms with Crippen LogP contribution in [0.4, 0.5) is 0 Å². The summed E-state index contributed by atoms with van der Waals surface area (Å²) in [5.41, 5.74) is 0.493. The largest absolute Gasteiger partial charge is 0.314 e. The zero-order valence-corrected chi connectivity index (χ0v) is 13.9. The third-order valence-electron chi connectivity index (χ3n) is 4.56. The summed E-state index contributed by atoms with van der Waals surface area (Å²) >= 11 is 2.00. The van der Waals surface area contributed by atoms with E-state index in [1.54, 1.807) is 0 Å². The van der Waals surface area contributed by atoms with E-state index in [9.17, 15) is 0 Å². The second kappa shape index (κ2) is 7.79. The van der Waals surface area contributed by atoms with E-state index in [4.69, 9.17) is 0 Å². The molecule has 0 saturated heterocycles. The molecule has 0 aliphatic heterocycles. The van der Waals surface area contributed by atoms with E-state index in [1.807, 2.05) is 11.8 Å². The number of thioether (sulfide) groups is 1. The first-order chi connectivity index (χ1) is 8.49. The number of nitrogens with one attached hydrogen (secondary N) is 1. The molecule has 0 amide bonds. The second-order valence-corrected chi connectivity index (χ2v) is 7.96. The monoisotopic (exact) mass is 271 g/mol. The van der Waals surface area contributed by atoms with Crippen molar-refractivity contribution in [1.29, 1.82) is 0 Å². The van der Waals surface area contributed by atoms with Crippen LogP contribution in [-0.4, -0.2) is 24.6 Å². The Morgan fingerprint density at radius 1 is 1.22 bits per heavy atom. The minimum absolute atomic E-state index is 0.493. The average Bonchev–Trinajstić information content (AvgIpc) is 2.33. The first kappa shape index (κ1) is 16.4. The van der Waals surface area contributed by atoms with Crippen LogP contribution in [-0.2, 0) is 0 Å². The van der Waals surface area contributed by atoms with E-state index in [0.717, 1.165) is 17.9 Å². The van der Waals surface area contributed by atoms with E-state index >= 15 is 0 Å². The molecule has 108 valence electrons. The second-order valence-electron chi connectivity index (χ2n) is 6.98. The molecule has 0 aromatic carbocycles. The zero-order valence-electron chi connectivity index (χ0n) is 13.1. The first-order valence-electron chi connectivity index (χ1n) is 7.71. The van der Waals surface area contributed by atoms with E-state index < -0.39 is 0 Å². The predicted octanol–water partition coefficient (Wildman–Crippen LogP) is 4.57. The van der Waals surface area contributed by atoms with Gasteiger partial charge in [0.25, 0.3) is 0 Å². The fourth-order valence-electron chi connectivity index (χ4n) is 3.24. The molecule has 1 saturated carbocycles. The SMILES string of the molecule is CCCNC1CCC(C(C)(C)C)CC1CCSC. The maximum atomic E-state index is 3.79. The van der Waals surface area contributed by atoms with Crippen molar-refractivity contribution in [2.45, 2.75) is 65.8 Å². The summed E-state index contributed by atoms with van der Waals surface area (Å²) in [4.78, 5) is 0. The fraction of sp³-hybridized carbons (Fsp3) is 1.00. The van der Waals surface area contributed by atoms with Crippen molar-refractivity contribution in [3.8, 4) is 0 Å². The van der Waals surface area contributed by atoms with Crippen molar-refractivity contribution < 1.29 is 0 Å². The van der Waals surface area contributed by atoms with Gasteiger partial charge in [0.2, 0.25) is 0 Å². The van der Waals surface area contributed by atoms with Gasteiger partial charge in [0.15, 0.2) is 0 Å². The topological polar surface area (TPSA) is 12.0 Å². The van der Waals surface area contributed by atoms with Crippen LogP contribution in [0.15, 0.2) is 0 Å². The van der Waals surface area contributed by atoms with E-state index in [-0.39, 0.29) is 0 Å². The smallest absolute Gasteiger partial charge is 0.00958 e.